The Labute approximate surface area is 59.5 Å². The summed E-state index contributed by atoms with van der Waals surface area (Å²) in [6, 6.07) is 0. The van der Waals surface area contributed by atoms with E-state index in [1.54, 1.807) is 0 Å². The van der Waals surface area contributed by atoms with Crippen molar-refractivity contribution in [3.05, 3.63) is 0 Å². The fraction of sp³-hybridized carbons (Fsp3) is 0. The first kappa shape index (κ1) is 9.34. The second-order valence-corrected chi connectivity index (χ2v) is 0.346. The third kappa shape index (κ3) is 48.0. The molecule has 5 heteroatoms. The molecule has 0 unspecified atom stereocenters. The number of hydrogen-bond acceptors (Lipinski definition) is 3. The van der Waals surface area contributed by atoms with Crippen LogP contribution in [0.3, 0.4) is 0 Å². The predicted octanol–water partition coefficient (Wildman–Crippen LogP) is -3.95. The van der Waals surface area contributed by atoms with Crippen LogP contribution in [0.2, 0.25) is 0 Å². The van der Waals surface area contributed by atoms with Gasteiger partial charge in [-0.2, -0.15) is 0 Å². The summed E-state index contributed by atoms with van der Waals surface area (Å²) in [6.07, 6.45) is 0. The first-order valence-corrected chi connectivity index (χ1v) is 0.775. The van der Waals surface area contributed by atoms with Crippen LogP contribution in [0, 0.1) is 0 Å². The Morgan fingerprint density at radius 2 is 1.40 bits per heavy atom. The monoisotopic (exact) mass is 94.1 g/mol. The molecule has 0 spiro atoms. The minimum atomic E-state index is -2.17. The maximum atomic E-state index is 7.17. The second kappa shape index (κ2) is 4.94. The largest absolute Gasteiger partial charge is 1.00 e. The van der Waals surface area contributed by atoms with Crippen molar-refractivity contribution < 1.29 is 51.8 Å². The van der Waals surface area contributed by atoms with Gasteiger partial charge in [-0.1, -0.05) is 0 Å². The summed E-state index contributed by atoms with van der Waals surface area (Å²) in [5, 5.41) is 21.5. The van der Waals surface area contributed by atoms with E-state index in [-0.39, 0.29) is 36.7 Å². The fourth-order valence-electron chi connectivity index (χ4n) is 0. The van der Waals surface area contributed by atoms with Crippen LogP contribution in [0.5, 0.6) is 0 Å². The van der Waals surface area contributed by atoms with Gasteiger partial charge in [0, 0.05) is 5.71 Å². The van der Waals surface area contributed by atoms with E-state index in [1.165, 1.54) is 0 Å². The van der Waals surface area contributed by atoms with E-state index >= 15 is 0 Å². The van der Waals surface area contributed by atoms with Gasteiger partial charge in [-0.25, -0.2) is 0 Å². The zero-order valence-electron chi connectivity index (χ0n) is 3.92. The Kier molecular flexibility index (Phi) is 9.24. The van der Waals surface area contributed by atoms with E-state index in [2.05, 4.69) is 0 Å². The molecule has 0 bridgehead atoms. The molecule has 0 aliphatic rings. The molecule has 3 N–H and O–H groups in total. The fourth-order valence-corrected chi connectivity index (χ4v) is 0. The topological polar surface area (TPSA) is 60.7 Å². The molecule has 3 nitrogen and oxygen atoms in total. The van der Waals surface area contributed by atoms with Crippen LogP contribution in [0.1, 0.15) is 7.13 Å². The molecule has 0 heterocycles. The zero-order valence-corrected chi connectivity index (χ0v) is 4.92. The predicted molar refractivity (Wildman–Crippen MR) is 22.0 cm³/mol. The molecule has 0 saturated heterocycles. The third-order valence-electron chi connectivity index (χ3n) is 0. The molecule has 0 aromatic rings. The number of rotatable bonds is 0. The molecular formula is H12BNaO3. The van der Waals surface area contributed by atoms with Gasteiger partial charge in [0.1, 0.15) is 0 Å². The molecule has 0 aromatic heterocycles. The van der Waals surface area contributed by atoms with Crippen LogP contribution in [-0.4, -0.2) is 22.4 Å². The van der Waals surface area contributed by atoms with E-state index in [1.807, 2.05) is 0 Å². The number of hydrogen-bond donors (Lipinski definition) is 3. The molecule has 0 aliphatic carbocycles. The van der Waals surface area contributed by atoms with E-state index < -0.39 is 7.32 Å². The molecular weight excluding hydrogens is 81.8 g/mol. The maximum Gasteiger partial charge on any atom is 1.00 e. The first-order valence-electron chi connectivity index (χ1n) is 0.775. The molecule has 34 valence electrons. The SMILES string of the molecule is OB(O)O.[H-].[HH].[HH].[HH].[HH].[Na+]. The van der Waals surface area contributed by atoms with Crippen molar-refractivity contribution in [2.75, 3.05) is 0 Å². The summed E-state index contributed by atoms with van der Waals surface area (Å²) in [5.74, 6) is 0. The maximum absolute atomic E-state index is 7.17. The molecule has 0 aliphatic heterocycles. The minimum Gasteiger partial charge on any atom is -1.00 e. The summed E-state index contributed by atoms with van der Waals surface area (Å²) in [4.78, 5) is 0. The van der Waals surface area contributed by atoms with Gasteiger partial charge in [-0.05, 0) is 0 Å². The van der Waals surface area contributed by atoms with Gasteiger partial charge in [0.05, 0.1) is 0 Å². The van der Waals surface area contributed by atoms with Crippen molar-refractivity contribution in [2.24, 2.45) is 0 Å². The van der Waals surface area contributed by atoms with Gasteiger partial charge < -0.3 is 16.5 Å². The smallest absolute Gasteiger partial charge is 1.00 e. The molecule has 0 amide bonds. The summed E-state index contributed by atoms with van der Waals surface area (Å²) in [7, 11) is -2.17. The normalized spacial score (nSPS) is 5.40. The Balaban J connectivity index is -0.00000000300. The Bertz CT molecular complexity index is 21.6. The van der Waals surface area contributed by atoms with Gasteiger partial charge >= 0.3 is 36.9 Å². The quantitative estimate of drug-likeness (QED) is 0.268. The zero-order chi connectivity index (χ0) is 3.58. The van der Waals surface area contributed by atoms with Crippen LogP contribution >= 0.6 is 0 Å². The van der Waals surface area contributed by atoms with Crippen LogP contribution in [0.25, 0.3) is 0 Å². The van der Waals surface area contributed by atoms with Gasteiger partial charge in [0.2, 0.25) is 0 Å². The van der Waals surface area contributed by atoms with Crippen molar-refractivity contribution in [1.29, 1.82) is 0 Å². The van der Waals surface area contributed by atoms with Crippen LogP contribution in [0.4, 0.5) is 0 Å². The van der Waals surface area contributed by atoms with Gasteiger partial charge in [0.15, 0.2) is 0 Å². The molecule has 0 radical (unpaired) electrons. The molecule has 5 heavy (non-hydrogen) atoms. The molecule has 0 saturated carbocycles. The Morgan fingerprint density at radius 1 is 1.40 bits per heavy atom. The van der Waals surface area contributed by atoms with E-state index in [9.17, 15) is 0 Å². The van der Waals surface area contributed by atoms with Crippen molar-refractivity contribution in [3.63, 3.8) is 0 Å². The minimum absolute atomic E-state index is 0. The average Bonchev–Trinajstić information content (AvgIpc) is 0.811. The van der Waals surface area contributed by atoms with Gasteiger partial charge in [-0.15, -0.1) is 0 Å². The standard InChI is InChI=1S/BH3O3.Na.4H2.H/c2-1(3)4;;;;;;/h2-4H;;4*1H;/q;+1;;;;;-1. The van der Waals surface area contributed by atoms with Crippen LogP contribution in [-0.2, 0) is 0 Å². The van der Waals surface area contributed by atoms with E-state index in [0.29, 0.717) is 0 Å². The van der Waals surface area contributed by atoms with Crippen LogP contribution in [0.15, 0.2) is 0 Å². The summed E-state index contributed by atoms with van der Waals surface area (Å²) < 4.78 is 0. The Hall–Kier alpha value is 0.945. The van der Waals surface area contributed by atoms with Crippen molar-refractivity contribution >= 4 is 7.32 Å². The molecule has 0 aromatic carbocycles. The van der Waals surface area contributed by atoms with E-state index in [0.717, 1.165) is 0 Å². The average molecular weight is 93.9 g/mol. The van der Waals surface area contributed by atoms with Crippen molar-refractivity contribution in [2.45, 2.75) is 0 Å². The van der Waals surface area contributed by atoms with Crippen molar-refractivity contribution in [1.82, 2.24) is 0 Å². The Morgan fingerprint density at radius 3 is 1.40 bits per heavy atom. The van der Waals surface area contributed by atoms with Crippen LogP contribution < -0.4 is 29.6 Å². The third-order valence-corrected chi connectivity index (χ3v) is 0. The molecule has 0 fully saturated rings. The summed E-state index contributed by atoms with van der Waals surface area (Å²) >= 11 is 0. The van der Waals surface area contributed by atoms with Gasteiger partial charge in [0.25, 0.3) is 0 Å². The second-order valence-electron chi connectivity index (χ2n) is 0.346. The summed E-state index contributed by atoms with van der Waals surface area (Å²) in [6.45, 7) is 0. The van der Waals surface area contributed by atoms with Gasteiger partial charge in [-0.3, -0.25) is 0 Å². The van der Waals surface area contributed by atoms with E-state index in [4.69, 9.17) is 15.1 Å². The molecule has 0 atom stereocenters. The summed E-state index contributed by atoms with van der Waals surface area (Å²) in [5.41, 5.74) is 0. The van der Waals surface area contributed by atoms with Crippen molar-refractivity contribution in [3.8, 4) is 0 Å². The first-order chi connectivity index (χ1) is 1.73. The molecule has 0 rings (SSSR count).